The molecule has 1 aromatic carbocycles. The predicted octanol–water partition coefficient (Wildman–Crippen LogP) is 3.60. The molecule has 2 heterocycles. The van der Waals surface area contributed by atoms with E-state index in [-0.39, 0.29) is 11.9 Å². The van der Waals surface area contributed by atoms with Gasteiger partial charge >= 0.3 is 0 Å². The molecular weight excluding hydrogens is 268 g/mol. The summed E-state index contributed by atoms with van der Waals surface area (Å²) >= 11 is 1.71. The summed E-state index contributed by atoms with van der Waals surface area (Å²) in [5.41, 5.74) is 1.24. The van der Waals surface area contributed by atoms with E-state index in [1.807, 2.05) is 11.0 Å². The minimum Gasteiger partial charge on any atom is -0.331 e. The Morgan fingerprint density at radius 3 is 2.75 bits per heavy atom. The molecular formula is C16H14N2OS. The zero-order chi connectivity index (χ0) is 13.9. The first-order chi connectivity index (χ1) is 9.79. The Bertz CT molecular complexity index is 640. The minimum atomic E-state index is 0.0605. The number of carbonyl (C=O) groups is 1. The van der Waals surface area contributed by atoms with Crippen LogP contribution in [0.1, 0.15) is 39.7 Å². The van der Waals surface area contributed by atoms with Gasteiger partial charge in [0, 0.05) is 17.0 Å². The topological polar surface area (TPSA) is 44.1 Å². The van der Waals surface area contributed by atoms with Crippen LogP contribution >= 0.6 is 11.3 Å². The van der Waals surface area contributed by atoms with Crippen LogP contribution in [-0.4, -0.2) is 17.4 Å². The largest absolute Gasteiger partial charge is 0.331 e. The van der Waals surface area contributed by atoms with Gasteiger partial charge in [0.15, 0.2) is 0 Å². The van der Waals surface area contributed by atoms with Gasteiger partial charge in [0.05, 0.1) is 17.7 Å². The van der Waals surface area contributed by atoms with E-state index in [0.717, 1.165) is 19.4 Å². The van der Waals surface area contributed by atoms with Gasteiger partial charge in [-0.25, -0.2) is 0 Å². The molecule has 1 aliphatic rings. The molecule has 1 atom stereocenters. The number of thiophene rings is 1. The fourth-order valence-electron chi connectivity index (χ4n) is 2.64. The van der Waals surface area contributed by atoms with Crippen LogP contribution in [0.3, 0.4) is 0 Å². The first-order valence-electron chi connectivity index (χ1n) is 6.64. The lowest BCUT2D eigenvalue weighted by Gasteiger charge is -2.24. The molecule has 4 heteroatoms. The third kappa shape index (κ3) is 2.33. The molecule has 0 saturated carbocycles. The Morgan fingerprint density at radius 2 is 2.10 bits per heavy atom. The van der Waals surface area contributed by atoms with E-state index >= 15 is 0 Å². The average Bonchev–Trinajstić information content (AvgIpc) is 3.16. The third-order valence-corrected chi connectivity index (χ3v) is 4.62. The highest BCUT2D eigenvalue weighted by Crippen LogP contribution is 2.35. The normalized spacial score (nSPS) is 17.9. The SMILES string of the molecule is N#Cc1ccc(C(=O)N2CCC[C@@H]2c2cccs2)cc1. The fourth-order valence-corrected chi connectivity index (χ4v) is 3.51. The van der Waals surface area contributed by atoms with Crippen molar-refractivity contribution in [2.75, 3.05) is 6.54 Å². The van der Waals surface area contributed by atoms with E-state index in [2.05, 4.69) is 17.5 Å². The lowest BCUT2D eigenvalue weighted by Crippen LogP contribution is -2.30. The molecule has 1 aliphatic heterocycles. The average molecular weight is 282 g/mol. The molecule has 3 nitrogen and oxygen atoms in total. The van der Waals surface area contributed by atoms with Crippen molar-refractivity contribution in [2.24, 2.45) is 0 Å². The highest BCUT2D eigenvalue weighted by molar-refractivity contribution is 7.10. The Balaban J connectivity index is 1.84. The molecule has 1 fully saturated rings. The smallest absolute Gasteiger partial charge is 0.254 e. The number of likely N-dealkylation sites (tertiary alicyclic amines) is 1. The summed E-state index contributed by atoms with van der Waals surface area (Å²) < 4.78 is 0. The zero-order valence-electron chi connectivity index (χ0n) is 11.0. The third-order valence-electron chi connectivity index (χ3n) is 3.65. The van der Waals surface area contributed by atoms with E-state index in [1.165, 1.54) is 4.88 Å². The Morgan fingerprint density at radius 1 is 1.30 bits per heavy atom. The summed E-state index contributed by atoms with van der Waals surface area (Å²) in [4.78, 5) is 15.8. The van der Waals surface area contributed by atoms with E-state index in [4.69, 9.17) is 5.26 Å². The number of rotatable bonds is 2. The second kappa shape index (κ2) is 5.48. The van der Waals surface area contributed by atoms with Crippen LogP contribution < -0.4 is 0 Å². The highest BCUT2D eigenvalue weighted by atomic mass is 32.1. The van der Waals surface area contributed by atoms with Crippen molar-refractivity contribution in [3.05, 3.63) is 57.8 Å². The molecule has 0 spiro atoms. The second-order valence-electron chi connectivity index (χ2n) is 4.86. The molecule has 3 rings (SSSR count). The second-order valence-corrected chi connectivity index (χ2v) is 5.84. The molecule has 1 amide bonds. The summed E-state index contributed by atoms with van der Waals surface area (Å²) in [5, 5.41) is 10.9. The maximum atomic E-state index is 12.6. The predicted molar refractivity (Wildman–Crippen MR) is 78.5 cm³/mol. The zero-order valence-corrected chi connectivity index (χ0v) is 11.8. The van der Waals surface area contributed by atoms with Crippen LogP contribution in [0.2, 0.25) is 0 Å². The van der Waals surface area contributed by atoms with Crippen molar-refractivity contribution >= 4 is 17.2 Å². The summed E-state index contributed by atoms with van der Waals surface area (Å²) in [6, 6.07) is 13.3. The van der Waals surface area contributed by atoms with Crippen molar-refractivity contribution in [3.63, 3.8) is 0 Å². The van der Waals surface area contributed by atoms with Crippen molar-refractivity contribution in [3.8, 4) is 6.07 Å². The summed E-state index contributed by atoms with van der Waals surface area (Å²) in [5.74, 6) is 0.0605. The molecule has 20 heavy (non-hydrogen) atoms. The quantitative estimate of drug-likeness (QED) is 0.844. The van der Waals surface area contributed by atoms with Crippen LogP contribution in [-0.2, 0) is 0 Å². The molecule has 0 unspecified atom stereocenters. The monoisotopic (exact) mass is 282 g/mol. The maximum Gasteiger partial charge on any atom is 0.254 e. The fraction of sp³-hybridized carbons (Fsp3) is 0.250. The molecule has 0 bridgehead atoms. The van der Waals surface area contributed by atoms with Gasteiger partial charge in [0.2, 0.25) is 0 Å². The summed E-state index contributed by atoms with van der Waals surface area (Å²) in [7, 11) is 0. The van der Waals surface area contributed by atoms with Crippen LogP contribution in [0.15, 0.2) is 41.8 Å². The van der Waals surface area contributed by atoms with E-state index < -0.39 is 0 Å². The number of carbonyl (C=O) groups excluding carboxylic acids is 1. The van der Waals surface area contributed by atoms with Crippen molar-refractivity contribution in [1.29, 1.82) is 5.26 Å². The standard InChI is InChI=1S/C16H14N2OS/c17-11-12-5-7-13(8-6-12)16(19)18-9-1-3-14(18)15-4-2-10-20-15/h2,4-8,10,14H,1,3,9H2/t14-/m1/s1. The van der Waals surface area contributed by atoms with Gasteiger partial charge < -0.3 is 4.90 Å². The molecule has 1 aromatic heterocycles. The van der Waals surface area contributed by atoms with Crippen LogP contribution in [0, 0.1) is 11.3 Å². The Hall–Kier alpha value is -2.12. The Labute approximate surface area is 122 Å². The minimum absolute atomic E-state index is 0.0605. The number of hydrogen-bond acceptors (Lipinski definition) is 3. The maximum absolute atomic E-state index is 12.6. The number of amides is 1. The van der Waals surface area contributed by atoms with Gasteiger partial charge in [-0.05, 0) is 48.6 Å². The number of nitriles is 1. The van der Waals surface area contributed by atoms with E-state index in [1.54, 1.807) is 35.6 Å². The summed E-state index contributed by atoms with van der Waals surface area (Å²) in [6.45, 7) is 0.807. The van der Waals surface area contributed by atoms with E-state index in [0.29, 0.717) is 11.1 Å². The van der Waals surface area contributed by atoms with Gasteiger partial charge in [-0.2, -0.15) is 5.26 Å². The van der Waals surface area contributed by atoms with Gasteiger partial charge in [-0.1, -0.05) is 6.07 Å². The molecule has 0 aliphatic carbocycles. The van der Waals surface area contributed by atoms with Crippen molar-refractivity contribution in [2.45, 2.75) is 18.9 Å². The van der Waals surface area contributed by atoms with Gasteiger partial charge in [-0.15, -0.1) is 11.3 Å². The van der Waals surface area contributed by atoms with E-state index in [9.17, 15) is 4.79 Å². The number of nitrogens with zero attached hydrogens (tertiary/aromatic N) is 2. The van der Waals surface area contributed by atoms with Gasteiger partial charge in [0.1, 0.15) is 0 Å². The lowest BCUT2D eigenvalue weighted by atomic mass is 10.1. The molecule has 1 saturated heterocycles. The van der Waals surface area contributed by atoms with Crippen LogP contribution in [0.5, 0.6) is 0 Å². The summed E-state index contributed by atoms with van der Waals surface area (Å²) in [6.07, 6.45) is 2.08. The number of hydrogen-bond donors (Lipinski definition) is 0. The van der Waals surface area contributed by atoms with Crippen LogP contribution in [0.4, 0.5) is 0 Å². The highest BCUT2D eigenvalue weighted by Gasteiger charge is 2.31. The Kier molecular flexibility index (Phi) is 3.53. The molecule has 2 aromatic rings. The van der Waals surface area contributed by atoms with Gasteiger partial charge in [-0.3, -0.25) is 4.79 Å². The van der Waals surface area contributed by atoms with Crippen molar-refractivity contribution in [1.82, 2.24) is 4.90 Å². The number of benzene rings is 1. The first-order valence-corrected chi connectivity index (χ1v) is 7.52. The van der Waals surface area contributed by atoms with Gasteiger partial charge in [0.25, 0.3) is 5.91 Å². The van der Waals surface area contributed by atoms with Crippen LogP contribution in [0.25, 0.3) is 0 Å². The lowest BCUT2D eigenvalue weighted by molar-refractivity contribution is 0.0738. The first kappa shape index (κ1) is 12.9. The van der Waals surface area contributed by atoms with Crippen molar-refractivity contribution < 1.29 is 4.79 Å². The molecule has 0 N–H and O–H groups in total. The molecule has 0 radical (unpaired) electrons. The molecule has 100 valence electrons.